The smallest absolute Gasteiger partial charge is 0.243 e. The average Bonchev–Trinajstić information content (AvgIpc) is 3.18. The van der Waals surface area contributed by atoms with Gasteiger partial charge in [-0.15, -0.1) is 0 Å². The number of nitrogens with zero attached hydrogens (tertiary/aromatic N) is 3. The monoisotopic (exact) mass is 392 g/mol. The van der Waals surface area contributed by atoms with Gasteiger partial charge in [-0.05, 0) is 25.0 Å². The standard InChI is InChI=1S/C20H32N4O2S/c1-23(2)18(25)15-22-19(21-11-8-17-7-6-13-26-17)24-12-14-27-20(16-24)9-4-3-5-10-20/h6-7,13H,3-5,8-12,14-16H2,1-2H3,(H,21,22). The minimum Gasteiger partial charge on any atom is -0.469 e. The van der Waals surface area contributed by atoms with Gasteiger partial charge in [-0.25, -0.2) is 4.99 Å². The van der Waals surface area contributed by atoms with Crippen molar-refractivity contribution in [3.8, 4) is 0 Å². The summed E-state index contributed by atoms with van der Waals surface area (Å²) < 4.78 is 5.79. The molecule has 150 valence electrons. The summed E-state index contributed by atoms with van der Waals surface area (Å²) in [5.41, 5.74) is 0. The summed E-state index contributed by atoms with van der Waals surface area (Å²) in [4.78, 5) is 20.7. The number of hydrogen-bond acceptors (Lipinski definition) is 4. The topological polar surface area (TPSA) is 61.1 Å². The molecule has 0 atom stereocenters. The first-order valence-corrected chi connectivity index (χ1v) is 11.0. The molecule has 6 nitrogen and oxygen atoms in total. The van der Waals surface area contributed by atoms with Gasteiger partial charge in [0, 0.05) is 50.7 Å². The van der Waals surface area contributed by atoms with Gasteiger partial charge in [0.2, 0.25) is 5.91 Å². The number of guanidine groups is 1. The first kappa shape index (κ1) is 20.1. The third kappa shape index (κ3) is 5.67. The molecule has 0 aromatic carbocycles. The molecule has 1 aliphatic carbocycles. The Morgan fingerprint density at radius 3 is 2.89 bits per heavy atom. The van der Waals surface area contributed by atoms with E-state index in [9.17, 15) is 4.79 Å². The number of likely N-dealkylation sites (N-methyl/N-ethyl adjacent to an activating group) is 1. The molecular weight excluding hydrogens is 360 g/mol. The summed E-state index contributed by atoms with van der Waals surface area (Å²) >= 11 is 2.14. The van der Waals surface area contributed by atoms with Gasteiger partial charge in [0.25, 0.3) is 0 Å². The predicted molar refractivity (Wildman–Crippen MR) is 111 cm³/mol. The van der Waals surface area contributed by atoms with Crippen LogP contribution < -0.4 is 5.32 Å². The minimum absolute atomic E-state index is 0.0269. The quantitative estimate of drug-likeness (QED) is 0.617. The fourth-order valence-electron chi connectivity index (χ4n) is 3.83. The van der Waals surface area contributed by atoms with Crippen molar-refractivity contribution >= 4 is 23.6 Å². The summed E-state index contributed by atoms with van der Waals surface area (Å²) in [5, 5.41) is 3.48. The average molecular weight is 393 g/mol. The van der Waals surface area contributed by atoms with E-state index in [1.165, 1.54) is 32.1 Å². The highest BCUT2D eigenvalue weighted by Crippen LogP contribution is 2.42. The lowest BCUT2D eigenvalue weighted by atomic mass is 9.87. The largest absolute Gasteiger partial charge is 0.469 e. The van der Waals surface area contributed by atoms with Crippen molar-refractivity contribution in [1.82, 2.24) is 15.1 Å². The molecular formula is C20H32N4O2S. The number of nitrogens with one attached hydrogen (secondary N) is 1. The van der Waals surface area contributed by atoms with Gasteiger partial charge in [0.05, 0.1) is 6.26 Å². The van der Waals surface area contributed by atoms with Crippen LogP contribution in [0.1, 0.15) is 37.9 Å². The molecule has 2 heterocycles. The van der Waals surface area contributed by atoms with Gasteiger partial charge in [0.15, 0.2) is 5.96 Å². The zero-order valence-corrected chi connectivity index (χ0v) is 17.4. The number of rotatable bonds is 5. The molecule has 3 rings (SSSR count). The lowest BCUT2D eigenvalue weighted by Gasteiger charge is -2.45. The Bertz CT molecular complexity index is 618. The number of thioether (sulfide) groups is 1. The molecule has 2 aliphatic rings. The van der Waals surface area contributed by atoms with E-state index in [1.807, 2.05) is 12.1 Å². The molecule has 1 aromatic rings. The molecule has 1 saturated carbocycles. The van der Waals surface area contributed by atoms with Crippen molar-refractivity contribution < 1.29 is 9.21 Å². The highest BCUT2D eigenvalue weighted by molar-refractivity contribution is 8.00. The van der Waals surface area contributed by atoms with E-state index >= 15 is 0 Å². The Hall–Kier alpha value is -1.63. The van der Waals surface area contributed by atoms with Crippen LogP contribution in [0.3, 0.4) is 0 Å². The van der Waals surface area contributed by atoms with Crippen LogP contribution in [0.4, 0.5) is 0 Å². The summed E-state index contributed by atoms with van der Waals surface area (Å²) in [6, 6.07) is 3.90. The summed E-state index contributed by atoms with van der Waals surface area (Å²) in [6.45, 7) is 2.95. The van der Waals surface area contributed by atoms with Crippen LogP contribution in [0, 0.1) is 0 Å². The maximum absolute atomic E-state index is 12.0. The fourth-order valence-corrected chi connectivity index (χ4v) is 5.40. The predicted octanol–water partition coefficient (Wildman–Crippen LogP) is 2.61. The van der Waals surface area contributed by atoms with Crippen LogP contribution in [0.15, 0.2) is 27.8 Å². The second-order valence-electron chi connectivity index (χ2n) is 7.70. The molecule has 1 amide bonds. The van der Waals surface area contributed by atoms with Crippen molar-refractivity contribution in [3.63, 3.8) is 0 Å². The first-order chi connectivity index (χ1) is 13.1. The Morgan fingerprint density at radius 2 is 2.19 bits per heavy atom. The van der Waals surface area contributed by atoms with E-state index < -0.39 is 0 Å². The molecule has 1 aromatic heterocycles. The van der Waals surface area contributed by atoms with E-state index in [1.54, 1.807) is 25.3 Å². The SMILES string of the molecule is CN(C)C(=O)CN=C(NCCc1ccco1)N1CCSC2(CCCCC2)C1. The van der Waals surface area contributed by atoms with Crippen LogP contribution in [-0.4, -0.2) is 72.4 Å². The van der Waals surface area contributed by atoms with Crippen molar-refractivity contribution in [3.05, 3.63) is 24.2 Å². The summed E-state index contributed by atoms with van der Waals surface area (Å²) in [7, 11) is 3.55. The van der Waals surface area contributed by atoms with Gasteiger partial charge >= 0.3 is 0 Å². The fraction of sp³-hybridized carbons (Fsp3) is 0.700. The van der Waals surface area contributed by atoms with Crippen molar-refractivity contribution in [2.24, 2.45) is 4.99 Å². The molecule has 0 radical (unpaired) electrons. The van der Waals surface area contributed by atoms with Crippen LogP contribution in [0.5, 0.6) is 0 Å². The zero-order chi connectivity index (χ0) is 19.1. The van der Waals surface area contributed by atoms with E-state index in [2.05, 4.69) is 27.0 Å². The maximum Gasteiger partial charge on any atom is 0.243 e. The van der Waals surface area contributed by atoms with Gasteiger partial charge in [0.1, 0.15) is 12.3 Å². The normalized spacial score (nSPS) is 19.9. The second-order valence-corrected chi connectivity index (χ2v) is 9.26. The molecule has 7 heteroatoms. The Balaban J connectivity index is 1.65. The lowest BCUT2D eigenvalue weighted by molar-refractivity contribution is -0.127. The Morgan fingerprint density at radius 1 is 1.37 bits per heavy atom. The molecule has 1 aliphatic heterocycles. The molecule has 0 unspecified atom stereocenters. The van der Waals surface area contributed by atoms with Crippen LogP contribution in [-0.2, 0) is 11.2 Å². The maximum atomic E-state index is 12.0. The molecule has 0 bridgehead atoms. The lowest BCUT2D eigenvalue weighted by Crippen LogP contribution is -2.54. The number of hydrogen-bond donors (Lipinski definition) is 1. The molecule has 27 heavy (non-hydrogen) atoms. The molecule has 1 N–H and O–H groups in total. The van der Waals surface area contributed by atoms with Gasteiger partial charge in [-0.1, -0.05) is 19.3 Å². The molecule has 2 fully saturated rings. The minimum atomic E-state index is 0.0269. The van der Waals surface area contributed by atoms with Gasteiger partial charge in [-0.2, -0.15) is 11.8 Å². The highest BCUT2D eigenvalue weighted by Gasteiger charge is 2.38. The van der Waals surface area contributed by atoms with Crippen molar-refractivity contribution in [1.29, 1.82) is 0 Å². The number of carbonyl (C=O) groups excluding carboxylic acids is 1. The highest BCUT2D eigenvalue weighted by atomic mass is 32.2. The van der Waals surface area contributed by atoms with Gasteiger partial charge < -0.3 is 19.5 Å². The number of aliphatic imine (C=N–C) groups is 1. The third-order valence-corrected chi connectivity index (χ3v) is 6.95. The third-order valence-electron chi connectivity index (χ3n) is 5.41. The van der Waals surface area contributed by atoms with E-state index in [-0.39, 0.29) is 12.5 Å². The Kier molecular flexibility index (Phi) is 7.10. The number of furan rings is 1. The molecule has 1 spiro atoms. The van der Waals surface area contributed by atoms with E-state index in [0.29, 0.717) is 4.75 Å². The summed E-state index contributed by atoms with van der Waals surface area (Å²) in [5.74, 6) is 2.98. The Labute approximate surface area is 166 Å². The van der Waals surface area contributed by atoms with Gasteiger partial charge in [-0.3, -0.25) is 4.79 Å². The molecule has 1 saturated heterocycles. The van der Waals surface area contributed by atoms with Crippen LogP contribution in [0.2, 0.25) is 0 Å². The summed E-state index contributed by atoms with van der Waals surface area (Å²) in [6.07, 6.45) is 9.13. The van der Waals surface area contributed by atoms with Crippen molar-refractivity contribution in [2.45, 2.75) is 43.3 Å². The van der Waals surface area contributed by atoms with Crippen LogP contribution >= 0.6 is 11.8 Å². The first-order valence-electron chi connectivity index (χ1n) is 9.98. The van der Waals surface area contributed by atoms with Crippen molar-refractivity contribution in [2.75, 3.05) is 46.0 Å². The van der Waals surface area contributed by atoms with E-state index in [4.69, 9.17) is 4.42 Å². The number of amides is 1. The number of carbonyl (C=O) groups is 1. The zero-order valence-electron chi connectivity index (χ0n) is 16.6. The second kappa shape index (κ2) is 9.53. The van der Waals surface area contributed by atoms with E-state index in [0.717, 1.165) is 43.5 Å². The van der Waals surface area contributed by atoms with Crippen LogP contribution in [0.25, 0.3) is 0 Å².